The van der Waals surface area contributed by atoms with Gasteiger partial charge in [0.1, 0.15) is 10.7 Å². The fraction of sp³-hybridized carbons (Fsp3) is 0.643. The Kier molecular flexibility index (Phi) is 5.95. The summed E-state index contributed by atoms with van der Waals surface area (Å²) >= 11 is 0. The molecule has 0 saturated carbocycles. The van der Waals surface area contributed by atoms with Crippen LogP contribution in [0.4, 0.5) is 5.82 Å². The minimum Gasteiger partial charge on any atom is -0.369 e. The van der Waals surface area contributed by atoms with E-state index in [-0.39, 0.29) is 10.3 Å². The average Bonchev–Trinajstić information content (AvgIpc) is 2.34. The van der Waals surface area contributed by atoms with Crippen LogP contribution in [0.2, 0.25) is 0 Å². The molecule has 0 saturated heterocycles. The fourth-order valence-corrected chi connectivity index (χ4v) is 2.79. The van der Waals surface area contributed by atoms with Gasteiger partial charge in [0.05, 0.1) is 0 Å². The molecule has 0 radical (unpaired) electrons. The van der Waals surface area contributed by atoms with Crippen molar-refractivity contribution in [2.45, 2.75) is 45.4 Å². The Balaban J connectivity index is 2.81. The SMILES string of the molecule is CCCNc1ncccc1S(=O)(=O)NCCC(C)(C)C. The third-order valence-corrected chi connectivity index (χ3v) is 4.26. The molecular weight excluding hydrogens is 274 g/mol. The van der Waals surface area contributed by atoms with E-state index in [4.69, 9.17) is 0 Å². The summed E-state index contributed by atoms with van der Waals surface area (Å²) in [5.41, 5.74) is 0.0980. The minimum absolute atomic E-state index is 0.0980. The second-order valence-electron chi connectivity index (χ2n) is 5.99. The Labute approximate surface area is 122 Å². The summed E-state index contributed by atoms with van der Waals surface area (Å²) < 4.78 is 27.3. The van der Waals surface area contributed by atoms with Crippen molar-refractivity contribution in [3.05, 3.63) is 18.3 Å². The van der Waals surface area contributed by atoms with E-state index in [1.807, 2.05) is 6.92 Å². The highest BCUT2D eigenvalue weighted by Crippen LogP contribution is 2.20. The summed E-state index contributed by atoms with van der Waals surface area (Å²) in [6, 6.07) is 3.21. The summed E-state index contributed by atoms with van der Waals surface area (Å²) in [7, 11) is -3.52. The van der Waals surface area contributed by atoms with Crippen molar-refractivity contribution >= 4 is 15.8 Å². The van der Waals surface area contributed by atoms with Gasteiger partial charge in [-0.25, -0.2) is 18.1 Å². The standard InChI is InChI=1S/C14H25N3O2S/c1-5-9-15-13-12(7-6-10-16-13)20(18,19)17-11-8-14(2,3)4/h6-7,10,17H,5,8-9,11H2,1-4H3,(H,15,16). The molecule has 1 rings (SSSR count). The lowest BCUT2D eigenvalue weighted by atomic mass is 9.93. The zero-order valence-electron chi connectivity index (χ0n) is 12.7. The number of nitrogens with zero attached hydrogens (tertiary/aromatic N) is 1. The van der Waals surface area contributed by atoms with Crippen LogP contribution in [0.15, 0.2) is 23.2 Å². The predicted molar refractivity (Wildman–Crippen MR) is 82.3 cm³/mol. The number of rotatable bonds is 7. The van der Waals surface area contributed by atoms with E-state index in [1.54, 1.807) is 18.3 Å². The van der Waals surface area contributed by atoms with Crippen LogP contribution < -0.4 is 10.0 Å². The van der Waals surface area contributed by atoms with Crippen LogP contribution >= 0.6 is 0 Å². The molecule has 0 bridgehead atoms. The van der Waals surface area contributed by atoms with Crippen molar-refractivity contribution in [2.75, 3.05) is 18.4 Å². The number of anilines is 1. The number of hydrogen-bond donors (Lipinski definition) is 2. The predicted octanol–water partition coefficient (Wildman–Crippen LogP) is 2.62. The van der Waals surface area contributed by atoms with E-state index in [2.05, 4.69) is 35.8 Å². The Bertz CT molecular complexity index is 521. The first-order chi connectivity index (χ1) is 9.26. The van der Waals surface area contributed by atoms with Crippen LogP contribution in [-0.2, 0) is 10.0 Å². The maximum absolute atomic E-state index is 12.3. The molecule has 0 aliphatic heterocycles. The summed E-state index contributed by atoms with van der Waals surface area (Å²) in [4.78, 5) is 4.32. The number of pyridine rings is 1. The van der Waals surface area contributed by atoms with E-state index in [9.17, 15) is 8.42 Å². The zero-order valence-corrected chi connectivity index (χ0v) is 13.5. The lowest BCUT2D eigenvalue weighted by molar-refractivity contribution is 0.378. The van der Waals surface area contributed by atoms with Crippen molar-refractivity contribution in [3.8, 4) is 0 Å². The molecular formula is C14H25N3O2S. The maximum Gasteiger partial charge on any atom is 0.244 e. The van der Waals surface area contributed by atoms with Crippen molar-refractivity contribution < 1.29 is 8.42 Å². The number of nitrogens with one attached hydrogen (secondary N) is 2. The van der Waals surface area contributed by atoms with Crippen LogP contribution in [0.3, 0.4) is 0 Å². The van der Waals surface area contributed by atoms with Crippen molar-refractivity contribution in [1.82, 2.24) is 9.71 Å². The van der Waals surface area contributed by atoms with Gasteiger partial charge in [-0.15, -0.1) is 0 Å². The molecule has 1 heterocycles. The summed E-state index contributed by atoms with van der Waals surface area (Å²) in [5, 5.41) is 3.05. The lowest BCUT2D eigenvalue weighted by Gasteiger charge is -2.18. The molecule has 0 amide bonds. The average molecular weight is 299 g/mol. The Morgan fingerprint density at radius 2 is 1.95 bits per heavy atom. The molecule has 20 heavy (non-hydrogen) atoms. The first-order valence-electron chi connectivity index (χ1n) is 6.95. The zero-order chi connectivity index (χ0) is 15.2. The normalized spacial score (nSPS) is 12.4. The second-order valence-corrected chi connectivity index (χ2v) is 7.72. The third-order valence-electron chi connectivity index (χ3n) is 2.77. The van der Waals surface area contributed by atoms with Gasteiger partial charge in [-0.1, -0.05) is 27.7 Å². The Morgan fingerprint density at radius 3 is 2.55 bits per heavy atom. The van der Waals surface area contributed by atoms with E-state index in [1.165, 1.54) is 0 Å². The highest BCUT2D eigenvalue weighted by molar-refractivity contribution is 7.89. The molecule has 0 aromatic carbocycles. The minimum atomic E-state index is -3.52. The lowest BCUT2D eigenvalue weighted by Crippen LogP contribution is -2.28. The molecule has 0 fully saturated rings. The molecule has 0 aliphatic rings. The monoisotopic (exact) mass is 299 g/mol. The molecule has 114 valence electrons. The fourth-order valence-electron chi connectivity index (χ4n) is 1.62. The topological polar surface area (TPSA) is 71.1 Å². The van der Waals surface area contributed by atoms with Gasteiger partial charge >= 0.3 is 0 Å². The highest BCUT2D eigenvalue weighted by Gasteiger charge is 2.20. The van der Waals surface area contributed by atoms with Crippen molar-refractivity contribution in [2.24, 2.45) is 5.41 Å². The van der Waals surface area contributed by atoms with E-state index >= 15 is 0 Å². The van der Waals surface area contributed by atoms with Crippen molar-refractivity contribution in [1.29, 1.82) is 0 Å². The molecule has 0 aliphatic carbocycles. The molecule has 1 aromatic rings. The molecule has 0 spiro atoms. The molecule has 2 N–H and O–H groups in total. The summed E-state index contributed by atoms with van der Waals surface area (Å²) in [5.74, 6) is 0.414. The quantitative estimate of drug-likeness (QED) is 0.812. The molecule has 5 nitrogen and oxygen atoms in total. The molecule has 0 unspecified atom stereocenters. The largest absolute Gasteiger partial charge is 0.369 e. The van der Waals surface area contributed by atoms with E-state index < -0.39 is 10.0 Å². The number of sulfonamides is 1. The molecule has 6 heteroatoms. The van der Waals surface area contributed by atoms with Crippen LogP contribution in [0.5, 0.6) is 0 Å². The van der Waals surface area contributed by atoms with E-state index in [0.717, 1.165) is 12.8 Å². The van der Waals surface area contributed by atoms with Crippen LogP contribution in [0.25, 0.3) is 0 Å². The first kappa shape index (κ1) is 16.9. The summed E-state index contributed by atoms with van der Waals surface area (Å²) in [6.07, 6.45) is 3.28. The van der Waals surface area contributed by atoms with Gasteiger partial charge in [0.2, 0.25) is 10.0 Å². The third kappa shape index (κ3) is 5.46. The van der Waals surface area contributed by atoms with Gasteiger partial charge in [0.25, 0.3) is 0 Å². The van der Waals surface area contributed by atoms with Gasteiger partial charge in [0, 0.05) is 19.3 Å². The van der Waals surface area contributed by atoms with Crippen molar-refractivity contribution in [3.63, 3.8) is 0 Å². The van der Waals surface area contributed by atoms with Gasteiger partial charge in [0.15, 0.2) is 0 Å². The Hall–Kier alpha value is -1.14. The van der Waals surface area contributed by atoms with E-state index in [0.29, 0.717) is 18.9 Å². The van der Waals surface area contributed by atoms with Gasteiger partial charge in [-0.2, -0.15) is 0 Å². The van der Waals surface area contributed by atoms with Gasteiger partial charge < -0.3 is 5.32 Å². The van der Waals surface area contributed by atoms with Crippen LogP contribution in [0.1, 0.15) is 40.5 Å². The number of hydrogen-bond acceptors (Lipinski definition) is 4. The van der Waals surface area contributed by atoms with Gasteiger partial charge in [-0.05, 0) is 30.4 Å². The first-order valence-corrected chi connectivity index (χ1v) is 8.43. The Morgan fingerprint density at radius 1 is 1.25 bits per heavy atom. The second kappa shape index (κ2) is 7.04. The molecule has 1 aromatic heterocycles. The molecule has 0 atom stereocenters. The highest BCUT2D eigenvalue weighted by atomic mass is 32.2. The number of aromatic nitrogens is 1. The van der Waals surface area contributed by atoms with Gasteiger partial charge in [-0.3, -0.25) is 0 Å². The summed E-state index contributed by atoms with van der Waals surface area (Å²) in [6.45, 7) is 9.39. The maximum atomic E-state index is 12.3. The van der Waals surface area contributed by atoms with Crippen LogP contribution in [-0.4, -0.2) is 26.5 Å². The smallest absolute Gasteiger partial charge is 0.244 e. The van der Waals surface area contributed by atoms with Crippen LogP contribution in [0, 0.1) is 5.41 Å².